The largest absolute Gasteiger partial charge is 0.508 e. The van der Waals surface area contributed by atoms with Crippen LogP contribution >= 0.6 is 0 Å². The van der Waals surface area contributed by atoms with E-state index in [1.54, 1.807) is 12.1 Å². The van der Waals surface area contributed by atoms with Gasteiger partial charge in [0.1, 0.15) is 5.75 Å². The Bertz CT molecular complexity index is 390. The lowest BCUT2D eigenvalue weighted by Gasteiger charge is -1.99. The molecule has 0 fully saturated rings. The van der Waals surface area contributed by atoms with Gasteiger partial charge in [-0.2, -0.15) is 0 Å². The quantitative estimate of drug-likeness (QED) is 0.676. The van der Waals surface area contributed by atoms with Gasteiger partial charge in [-0.25, -0.2) is 0 Å². The van der Waals surface area contributed by atoms with Crippen molar-refractivity contribution in [2.45, 2.75) is 6.42 Å². The van der Waals surface area contributed by atoms with Crippen LogP contribution in [0.15, 0.2) is 53.8 Å². The van der Waals surface area contributed by atoms with Crippen LogP contribution in [0.25, 0.3) is 0 Å². The Labute approximate surface area is 77.3 Å². The summed E-state index contributed by atoms with van der Waals surface area (Å²) in [5.74, 6) is 0.315. The van der Waals surface area contributed by atoms with Crippen molar-refractivity contribution in [1.29, 1.82) is 0 Å². The molecule has 0 heterocycles. The topological polar surface area (TPSA) is 20.2 Å². The minimum Gasteiger partial charge on any atom is -0.508 e. The van der Waals surface area contributed by atoms with Gasteiger partial charge in [0.2, 0.25) is 0 Å². The van der Waals surface area contributed by atoms with Crippen LogP contribution in [0.2, 0.25) is 0 Å². The summed E-state index contributed by atoms with van der Waals surface area (Å²) in [5, 5.41) is 9.07. The maximum atomic E-state index is 9.07. The average molecular weight is 170 g/mol. The summed E-state index contributed by atoms with van der Waals surface area (Å²) in [6.45, 7) is 0. The van der Waals surface area contributed by atoms with Gasteiger partial charge in [0.05, 0.1) is 0 Å². The maximum absolute atomic E-state index is 9.07. The van der Waals surface area contributed by atoms with Gasteiger partial charge in [-0.15, -0.1) is 5.73 Å². The van der Waals surface area contributed by atoms with Gasteiger partial charge in [-0.05, 0) is 29.3 Å². The fourth-order valence-corrected chi connectivity index (χ4v) is 1.31. The fraction of sp³-hybridized carbons (Fsp3) is 0.0833. The second-order valence-electron chi connectivity index (χ2n) is 3.04. The van der Waals surface area contributed by atoms with Gasteiger partial charge in [-0.3, -0.25) is 0 Å². The standard InChI is InChI=1S/C12H10O/c13-12-7-5-11(6-8-12)9-10-3-1-2-4-10/h1-3,5-8,13H,9H2. The van der Waals surface area contributed by atoms with Crippen molar-refractivity contribution >= 4 is 0 Å². The molecule has 2 rings (SSSR count). The molecule has 1 heteroatoms. The van der Waals surface area contributed by atoms with Crippen LogP contribution in [-0.2, 0) is 6.42 Å². The first kappa shape index (κ1) is 7.90. The third-order valence-electron chi connectivity index (χ3n) is 1.99. The molecule has 1 N–H and O–H groups in total. The number of phenols is 1. The van der Waals surface area contributed by atoms with E-state index in [0.717, 1.165) is 6.42 Å². The van der Waals surface area contributed by atoms with Crippen LogP contribution < -0.4 is 0 Å². The zero-order chi connectivity index (χ0) is 9.10. The predicted molar refractivity (Wildman–Crippen MR) is 52.5 cm³/mol. The Morgan fingerprint density at radius 1 is 1.15 bits per heavy atom. The van der Waals surface area contributed by atoms with Gasteiger partial charge >= 0.3 is 0 Å². The lowest BCUT2D eigenvalue weighted by Crippen LogP contribution is -1.84. The lowest BCUT2D eigenvalue weighted by atomic mass is 10.1. The predicted octanol–water partition coefficient (Wildman–Crippen LogP) is 2.59. The van der Waals surface area contributed by atoms with Gasteiger partial charge < -0.3 is 5.11 Å². The summed E-state index contributed by atoms with van der Waals surface area (Å²) in [7, 11) is 0. The van der Waals surface area contributed by atoms with E-state index in [9.17, 15) is 0 Å². The number of hydrogen-bond donors (Lipinski definition) is 1. The molecule has 0 spiro atoms. The zero-order valence-electron chi connectivity index (χ0n) is 7.20. The number of aromatic hydroxyl groups is 1. The molecule has 1 nitrogen and oxygen atoms in total. The van der Waals surface area contributed by atoms with Crippen LogP contribution in [0.4, 0.5) is 0 Å². The molecule has 0 saturated carbocycles. The second-order valence-corrected chi connectivity index (χ2v) is 3.04. The summed E-state index contributed by atoms with van der Waals surface area (Å²) in [6, 6.07) is 7.27. The molecule has 0 radical (unpaired) electrons. The number of rotatable bonds is 2. The van der Waals surface area contributed by atoms with Gasteiger partial charge in [0.25, 0.3) is 0 Å². The van der Waals surface area contributed by atoms with Crippen LogP contribution in [-0.4, -0.2) is 5.11 Å². The van der Waals surface area contributed by atoms with Crippen molar-refractivity contribution in [2.24, 2.45) is 0 Å². The third-order valence-corrected chi connectivity index (χ3v) is 1.99. The van der Waals surface area contributed by atoms with E-state index >= 15 is 0 Å². The van der Waals surface area contributed by atoms with E-state index in [-0.39, 0.29) is 0 Å². The second kappa shape index (κ2) is 3.34. The highest BCUT2D eigenvalue weighted by Crippen LogP contribution is 2.14. The Hall–Kier alpha value is -1.72. The number of hydrogen-bond acceptors (Lipinski definition) is 1. The summed E-state index contributed by atoms with van der Waals surface area (Å²) in [5.41, 5.74) is 5.52. The molecule has 0 atom stereocenters. The van der Waals surface area contributed by atoms with Crippen molar-refractivity contribution in [1.82, 2.24) is 0 Å². The smallest absolute Gasteiger partial charge is 0.115 e. The highest BCUT2D eigenvalue weighted by Gasteiger charge is 1.97. The minimum absolute atomic E-state index is 0.315. The SMILES string of the molecule is Oc1ccc(CC2=C=CC=C2)cc1. The summed E-state index contributed by atoms with van der Waals surface area (Å²) in [6.07, 6.45) is 6.83. The van der Waals surface area contributed by atoms with Gasteiger partial charge in [-0.1, -0.05) is 24.3 Å². The fourth-order valence-electron chi connectivity index (χ4n) is 1.31. The Kier molecular flexibility index (Phi) is 2.03. The molecule has 0 amide bonds. The molecule has 0 aromatic heterocycles. The average Bonchev–Trinajstić information content (AvgIpc) is 2.62. The van der Waals surface area contributed by atoms with E-state index in [0.29, 0.717) is 5.75 Å². The van der Waals surface area contributed by atoms with Crippen molar-refractivity contribution in [2.75, 3.05) is 0 Å². The summed E-state index contributed by atoms with van der Waals surface area (Å²) < 4.78 is 0. The first-order valence-corrected chi connectivity index (χ1v) is 4.25. The molecule has 0 saturated heterocycles. The molecular formula is C12H10O. The van der Waals surface area contributed by atoms with Gasteiger partial charge in [0.15, 0.2) is 0 Å². The van der Waals surface area contributed by atoms with Crippen LogP contribution in [0.3, 0.4) is 0 Å². The Morgan fingerprint density at radius 2 is 1.92 bits per heavy atom. The normalized spacial score (nSPS) is 13.4. The summed E-state index contributed by atoms with van der Waals surface area (Å²) >= 11 is 0. The molecular weight excluding hydrogens is 160 g/mol. The molecule has 0 aliphatic heterocycles. The van der Waals surface area contributed by atoms with Crippen molar-refractivity contribution in [3.05, 3.63) is 59.4 Å². The van der Waals surface area contributed by atoms with E-state index in [1.165, 1.54) is 11.1 Å². The van der Waals surface area contributed by atoms with Crippen molar-refractivity contribution in [3.63, 3.8) is 0 Å². The Balaban J connectivity index is 2.14. The maximum Gasteiger partial charge on any atom is 0.115 e. The van der Waals surface area contributed by atoms with E-state index < -0.39 is 0 Å². The minimum atomic E-state index is 0.315. The summed E-state index contributed by atoms with van der Waals surface area (Å²) in [4.78, 5) is 0. The van der Waals surface area contributed by atoms with E-state index in [1.807, 2.05) is 30.4 Å². The van der Waals surface area contributed by atoms with Gasteiger partial charge in [0, 0.05) is 6.42 Å². The first-order valence-electron chi connectivity index (χ1n) is 4.25. The molecule has 13 heavy (non-hydrogen) atoms. The Morgan fingerprint density at radius 3 is 2.54 bits per heavy atom. The van der Waals surface area contributed by atoms with Crippen LogP contribution in [0.5, 0.6) is 5.75 Å². The van der Waals surface area contributed by atoms with E-state index in [2.05, 4.69) is 5.73 Å². The monoisotopic (exact) mass is 170 g/mol. The molecule has 0 bridgehead atoms. The molecule has 1 aromatic rings. The molecule has 1 aliphatic carbocycles. The zero-order valence-corrected chi connectivity index (χ0v) is 7.20. The van der Waals surface area contributed by atoms with Crippen LogP contribution in [0, 0.1) is 0 Å². The third kappa shape index (κ3) is 1.90. The molecule has 1 aliphatic rings. The highest BCUT2D eigenvalue weighted by molar-refractivity contribution is 5.35. The number of phenolic OH excluding ortho intramolecular Hbond substituents is 1. The first-order chi connectivity index (χ1) is 6.34. The van der Waals surface area contributed by atoms with Crippen LogP contribution in [0.1, 0.15) is 5.56 Å². The lowest BCUT2D eigenvalue weighted by molar-refractivity contribution is 0.475. The van der Waals surface area contributed by atoms with Crippen molar-refractivity contribution in [3.8, 4) is 5.75 Å². The molecule has 0 unspecified atom stereocenters. The van der Waals surface area contributed by atoms with Crippen molar-refractivity contribution < 1.29 is 5.11 Å². The number of benzene rings is 1. The molecule has 64 valence electrons. The van der Waals surface area contributed by atoms with E-state index in [4.69, 9.17) is 5.11 Å². The highest BCUT2D eigenvalue weighted by atomic mass is 16.3. The molecule has 1 aromatic carbocycles. The number of allylic oxidation sites excluding steroid dienone is 3.